The number of primary sulfonamides is 1. The molecule has 19 heavy (non-hydrogen) atoms. The van der Waals surface area contributed by atoms with E-state index in [-0.39, 0.29) is 4.90 Å². The highest BCUT2D eigenvalue weighted by molar-refractivity contribution is 7.89. The van der Waals surface area contributed by atoms with Crippen molar-refractivity contribution in [3.63, 3.8) is 0 Å². The Kier molecular flexibility index (Phi) is 3.72. The van der Waals surface area contributed by atoms with Crippen LogP contribution in [0.15, 0.2) is 53.4 Å². The first kappa shape index (κ1) is 13.8. The second-order valence-electron chi connectivity index (χ2n) is 4.07. The Labute approximate surface area is 111 Å². The number of nitrogens with two attached hydrogens (primary N) is 1. The van der Waals surface area contributed by atoms with Crippen molar-refractivity contribution in [1.82, 2.24) is 0 Å². The van der Waals surface area contributed by atoms with E-state index < -0.39 is 17.1 Å². The molecule has 0 radical (unpaired) electrons. The fourth-order valence-corrected chi connectivity index (χ4v) is 2.23. The third kappa shape index (κ3) is 3.21. The molecule has 4 N–H and O–H groups in total. The molecule has 0 spiro atoms. The summed E-state index contributed by atoms with van der Waals surface area (Å²) in [6.45, 7) is 0. The SMILES string of the molecule is NS(=O)(=O)c1ccc(-c2cccc(B(O)O)c2)cc1. The summed E-state index contributed by atoms with van der Waals surface area (Å²) in [7, 11) is -5.24. The summed E-state index contributed by atoms with van der Waals surface area (Å²) in [5, 5.41) is 23.2. The van der Waals surface area contributed by atoms with E-state index in [4.69, 9.17) is 15.2 Å². The highest BCUT2D eigenvalue weighted by atomic mass is 32.2. The topological polar surface area (TPSA) is 101 Å². The number of sulfonamides is 1. The molecule has 0 bridgehead atoms. The van der Waals surface area contributed by atoms with Crippen molar-refractivity contribution in [2.24, 2.45) is 5.14 Å². The molecule has 0 atom stereocenters. The van der Waals surface area contributed by atoms with Gasteiger partial charge in [0.15, 0.2) is 0 Å². The first-order valence-electron chi connectivity index (χ1n) is 5.47. The van der Waals surface area contributed by atoms with Gasteiger partial charge >= 0.3 is 7.12 Å². The second kappa shape index (κ2) is 5.14. The first-order chi connectivity index (χ1) is 8.88. The summed E-state index contributed by atoms with van der Waals surface area (Å²) >= 11 is 0. The zero-order chi connectivity index (χ0) is 14.0. The van der Waals surface area contributed by atoms with Crippen LogP contribution in [0.4, 0.5) is 0 Å². The monoisotopic (exact) mass is 277 g/mol. The van der Waals surface area contributed by atoms with Crippen LogP contribution in [0.3, 0.4) is 0 Å². The maximum Gasteiger partial charge on any atom is 0.488 e. The first-order valence-corrected chi connectivity index (χ1v) is 7.02. The van der Waals surface area contributed by atoms with E-state index in [1.165, 1.54) is 12.1 Å². The Morgan fingerprint density at radius 1 is 0.947 bits per heavy atom. The van der Waals surface area contributed by atoms with Gasteiger partial charge in [0.05, 0.1) is 4.90 Å². The van der Waals surface area contributed by atoms with Crippen LogP contribution in [0.5, 0.6) is 0 Å². The predicted octanol–water partition coefficient (Wildman–Crippen LogP) is -0.319. The standard InChI is InChI=1S/C12H12BNO4S/c14-19(17,18)12-6-4-9(5-7-12)10-2-1-3-11(8-10)13(15)16/h1-8,15-16H,(H2,14,17,18). The third-order valence-corrected chi connectivity index (χ3v) is 3.63. The van der Waals surface area contributed by atoms with Crippen LogP contribution in [0.1, 0.15) is 0 Å². The van der Waals surface area contributed by atoms with E-state index in [1.807, 2.05) is 0 Å². The average Bonchev–Trinajstić information content (AvgIpc) is 2.38. The molecule has 2 aromatic rings. The van der Waals surface area contributed by atoms with Crippen molar-refractivity contribution >= 4 is 22.6 Å². The van der Waals surface area contributed by atoms with E-state index in [0.717, 1.165) is 11.1 Å². The summed E-state index contributed by atoms with van der Waals surface area (Å²) < 4.78 is 22.3. The Hall–Kier alpha value is -1.67. The smallest absolute Gasteiger partial charge is 0.423 e. The molecule has 0 aliphatic rings. The van der Waals surface area contributed by atoms with Gasteiger partial charge in [-0.3, -0.25) is 0 Å². The Morgan fingerprint density at radius 2 is 1.58 bits per heavy atom. The predicted molar refractivity (Wildman–Crippen MR) is 73.1 cm³/mol. The normalized spacial score (nSPS) is 11.3. The molecule has 2 aromatic carbocycles. The lowest BCUT2D eigenvalue weighted by atomic mass is 9.79. The highest BCUT2D eigenvalue weighted by Gasteiger charge is 2.12. The van der Waals surface area contributed by atoms with Crippen molar-refractivity contribution in [1.29, 1.82) is 0 Å². The number of rotatable bonds is 3. The minimum atomic E-state index is -3.70. The van der Waals surface area contributed by atoms with E-state index in [2.05, 4.69) is 0 Å². The van der Waals surface area contributed by atoms with Crippen LogP contribution in [0.2, 0.25) is 0 Å². The highest BCUT2D eigenvalue weighted by Crippen LogP contribution is 2.20. The molecule has 0 aliphatic carbocycles. The van der Waals surface area contributed by atoms with Gasteiger partial charge in [-0.05, 0) is 28.7 Å². The molecular weight excluding hydrogens is 265 g/mol. The Bertz CT molecular complexity index is 683. The molecular formula is C12H12BNO4S. The van der Waals surface area contributed by atoms with Gasteiger partial charge in [-0.25, -0.2) is 13.6 Å². The second-order valence-corrected chi connectivity index (χ2v) is 5.63. The summed E-state index contributed by atoms with van der Waals surface area (Å²) in [5.74, 6) is 0. The van der Waals surface area contributed by atoms with Crippen LogP contribution in [-0.4, -0.2) is 25.6 Å². The van der Waals surface area contributed by atoms with Crippen LogP contribution in [0, 0.1) is 0 Å². The number of hydrogen-bond donors (Lipinski definition) is 3. The van der Waals surface area contributed by atoms with Crippen molar-refractivity contribution in [3.8, 4) is 11.1 Å². The van der Waals surface area contributed by atoms with Gasteiger partial charge in [0, 0.05) is 0 Å². The van der Waals surface area contributed by atoms with Gasteiger partial charge in [0.1, 0.15) is 0 Å². The van der Waals surface area contributed by atoms with Gasteiger partial charge in [0.25, 0.3) is 0 Å². The quantitative estimate of drug-likeness (QED) is 0.669. The molecule has 0 saturated carbocycles. The molecule has 0 aromatic heterocycles. The van der Waals surface area contributed by atoms with Crippen molar-refractivity contribution in [3.05, 3.63) is 48.5 Å². The van der Waals surface area contributed by atoms with Gasteiger partial charge < -0.3 is 10.0 Å². The minimum absolute atomic E-state index is 0.0367. The third-order valence-electron chi connectivity index (χ3n) is 2.70. The molecule has 0 saturated heterocycles. The van der Waals surface area contributed by atoms with Crippen LogP contribution in [0.25, 0.3) is 11.1 Å². The summed E-state index contributed by atoms with van der Waals surface area (Å²) in [6.07, 6.45) is 0. The molecule has 0 fully saturated rings. The lowest BCUT2D eigenvalue weighted by molar-refractivity contribution is 0.426. The van der Waals surface area contributed by atoms with Crippen molar-refractivity contribution in [2.75, 3.05) is 0 Å². The van der Waals surface area contributed by atoms with Crippen LogP contribution < -0.4 is 10.6 Å². The molecule has 98 valence electrons. The number of benzene rings is 2. The molecule has 5 nitrogen and oxygen atoms in total. The molecule has 0 heterocycles. The van der Waals surface area contributed by atoms with E-state index in [0.29, 0.717) is 5.46 Å². The van der Waals surface area contributed by atoms with Crippen LogP contribution in [-0.2, 0) is 10.0 Å². The van der Waals surface area contributed by atoms with Crippen molar-refractivity contribution in [2.45, 2.75) is 4.90 Å². The Morgan fingerprint density at radius 3 is 2.11 bits per heavy atom. The van der Waals surface area contributed by atoms with Gasteiger partial charge in [-0.1, -0.05) is 36.4 Å². The minimum Gasteiger partial charge on any atom is -0.423 e. The lowest BCUT2D eigenvalue weighted by Gasteiger charge is -2.06. The van der Waals surface area contributed by atoms with E-state index in [1.54, 1.807) is 36.4 Å². The van der Waals surface area contributed by atoms with Gasteiger partial charge in [-0.2, -0.15) is 0 Å². The van der Waals surface area contributed by atoms with E-state index >= 15 is 0 Å². The summed E-state index contributed by atoms with van der Waals surface area (Å²) in [4.78, 5) is 0.0367. The summed E-state index contributed by atoms with van der Waals surface area (Å²) in [6, 6.07) is 12.7. The van der Waals surface area contributed by atoms with E-state index in [9.17, 15) is 8.42 Å². The fourth-order valence-electron chi connectivity index (χ4n) is 1.72. The average molecular weight is 277 g/mol. The maximum absolute atomic E-state index is 11.1. The zero-order valence-corrected chi connectivity index (χ0v) is 10.7. The molecule has 0 amide bonds. The number of hydrogen-bond acceptors (Lipinski definition) is 4. The molecule has 0 unspecified atom stereocenters. The van der Waals surface area contributed by atoms with Gasteiger partial charge in [-0.15, -0.1) is 0 Å². The maximum atomic E-state index is 11.1. The lowest BCUT2D eigenvalue weighted by Crippen LogP contribution is -2.29. The largest absolute Gasteiger partial charge is 0.488 e. The zero-order valence-electron chi connectivity index (χ0n) is 9.89. The Balaban J connectivity index is 2.40. The summed E-state index contributed by atoms with van der Waals surface area (Å²) in [5.41, 5.74) is 1.88. The fraction of sp³-hybridized carbons (Fsp3) is 0. The van der Waals surface area contributed by atoms with Crippen molar-refractivity contribution < 1.29 is 18.5 Å². The molecule has 7 heteroatoms. The van der Waals surface area contributed by atoms with Gasteiger partial charge in [0.2, 0.25) is 10.0 Å². The van der Waals surface area contributed by atoms with Crippen LogP contribution >= 0.6 is 0 Å². The molecule has 0 aliphatic heterocycles. The molecule has 2 rings (SSSR count).